The van der Waals surface area contributed by atoms with Gasteiger partial charge >= 0.3 is 16.2 Å². The van der Waals surface area contributed by atoms with Crippen LogP contribution in [0.25, 0.3) is 0 Å². The zero-order valence-corrected chi connectivity index (χ0v) is 21.7. The van der Waals surface area contributed by atoms with Gasteiger partial charge in [-0.25, -0.2) is 9.52 Å². The Hall–Kier alpha value is -3.47. The Morgan fingerprint density at radius 3 is 2.25 bits per heavy atom. The number of hydrogen-bond donors (Lipinski definition) is 3. The first kappa shape index (κ1) is 27.1. The minimum atomic E-state index is -4.34. The third-order valence-electron chi connectivity index (χ3n) is 5.08. The average molecular weight is 551 g/mol. The summed E-state index contributed by atoms with van der Waals surface area (Å²) in [6.45, 7) is 0. The molecule has 1 atom stereocenters. The quantitative estimate of drug-likeness (QED) is 0.368. The van der Waals surface area contributed by atoms with E-state index in [1.165, 1.54) is 30.2 Å². The highest BCUT2D eigenvalue weighted by Gasteiger charge is 2.27. The molecule has 36 heavy (non-hydrogen) atoms. The summed E-state index contributed by atoms with van der Waals surface area (Å²) in [5.74, 6) is 0.173. The number of anilines is 2. The number of nitrogens with zero attached hydrogens (tertiary/aromatic N) is 1. The Kier molecular flexibility index (Phi) is 9.03. The molecule has 3 N–H and O–H groups in total. The zero-order valence-electron chi connectivity index (χ0n) is 19.4. The van der Waals surface area contributed by atoms with E-state index in [2.05, 4.69) is 10.0 Å². The molecule has 3 rings (SSSR count). The number of ether oxygens (including phenoxy) is 1. The summed E-state index contributed by atoms with van der Waals surface area (Å²) >= 11 is 11.8. The highest BCUT2D eigenvalue weighted by atomic mass is 35.5. The van der Waals surface area contributed by atoms with Gasteiger partial charge in [-0.3, -0.25) is 9.52 Å². The maximum Gasteiger partial charge on any atom is 0.330 e. The monoisotopic (exact) mass is 550 g/mol. The average Bonchev–Trinajstić information content (AvgIpc) is 2.85. The molecular formula is C24H24Cl2N4O5S. The number of likely N-dealkylation sites (N-methyl/N-ethyl adjacent to an activating group) is 1. The molecule has 0 aliphatic rings. The molecule has 0 spiro atoms. The van der Waals surface area contributed by atoms with Gasteiger partial charge in [-0.2, -0.15) is 8.42 Å². The maximum atomic E-state index is 13.3. The summed E-state index contributed by atoms with van der Waals surface area (Å²) in [5.41, 5.74) is 1.44. The van der Waals surface area contributed by atoms with Crippen molar-refractivity contribution < 1.29 is 22.7 Å². The number of benzene rings is 3. The summed E-state index contributed by atoms with van der Waals surface area (Å²) in [4.78, 5) is 27.3. The summed E-state index contributed by atoms with van der Waals surface area (Å²) in [7, 11) is -1.25. The van der Waals surface area contributed by atoms with Crippen LogP contribution in [0.1, 0.15) is 5.56 Å². The molecule has 9 nitrogen and oxygen atoms in total. The highest BCUT2D eigenvalue weighted by molar-refractivity contribution is 7.91. The van der Waals surface area contributed by atoms with Crippen LogP contribution in [-0.2, 0) is 21.4 Å². The third kappa shape index (κ3) is 7.51. The fraction of sp³-hybridized carbons (Fsp3) is 0.167. The van der Waals surface area contributed by atoms with Crippen LogP contribution in [0, 0.1) is 0 Å². The predicted molar refractivity (Wildman–Crippen MR) is 141 cm³/mol. The molecule has 3 amide bonds. The van der Waals surface area contributed by atoms with E-state index in [0.717, 1.165) is 5.56 Å². The van der Waals surface area contributed by atoms with Crippen molar-refractivity contribution in [3.8, 4) is 5.75 Å². The molecule has 12 heteroatoms. The molecule has 0 aliphatic heterocycles. The Bertz CT molecular complexity index is 1320. The number of urea groups is 1. The maximum absolute atomic E-state index is 13.3. The number of rotatable bonds is 9. The van der Waals surface area contributed by atoms with Crippen molar-refractivity contribution in [2.24, 2.45) is 0 Å². The van der Waals surface area contributed by atoms with Gasteiger partial charge in [0.15, 0.2) is 0 Å². The second-order valence-electron chi connectivity index (χ2n) is 7.65. The molecule has 0 aromatic heterocycles. The van der Waals surface area contributed by atoms with E-state index in [1.807, 2.05) is 10.8 Å². The number of carbonyl (C=O) groups excluding carboxylic acids is 2. The number of carbonyl (C=O) groups is 2. The first-order valence-electron chi connectivity index (χ1n) is 10.6. The summed E-state index contributed by atoms with van der Waals surface area (Å²) in [6.07, 6.45) is 0.133. The van der Waals surface area contributed by atoms with Gasteiger partial charge in [0.05, 0.1) is 22.8 Å². The predicted octanol–water partition coefficient (Wildman–Crippen LogP) is 4.23. The molecule has 190 valence electrons. The van der Waals surface area contributed by atoms with Crippen molar-refractivity contribution in [2.45, 2.75) is 12.5 Å². The van der Waals surface area contributed by atoms with Crippen LogP contribution in [0.4, 0.5) is 16.2 Å². The van der Waals surface area contributed by atoms with Crippen LogP contribution >= 0.6 is 23.2 Å². The fourth-order valence-corrected chi connectivity index (χ4v) is 4.36. The molecule has 3 aromatic carbocycles. The van der Waals surface area contributed by atoms with Gasteiger partial charge in [0.25, 0.3) is 0 Å². The molecule has 3 aromatic rings. The lowest BCUT2D eigenvalue weighted by Crippen LogP contribution is -2.53. The minimum absolute atomic E-state index is 0.0980. The van der Waals surface area contributed by atoms with E-state index in [4.69, 9.17) is 27.9 Å². The fourth-order valence-electron chi connectivity index (χ4n) is 3.27. The number of halogens is 2. The van der Waals surface area contributed by atoms with Crippen molar-refractivity contribution in [1.29, 1.82) is 0 Å². The summed E-state index contributed by atoms with van der Waals surface area (Å²) in [5, 5.41) is 2.85. The van der Waals surface area contributed by atoms with E-state index < -0.39 is 28.2 Å². The van der Waals surface area contributed by atoms with Crippen molar-refractivity contribution in [3.05, 3.63) is 88.4 Å². The topological polar surface area (TPSA) is 117 Å². The largest absolute Gasteiger partial charge is 0.497 e. The third-order valence-corrected chi connectivity index (χ3v) is 6.77. The molecule has 0 saturated heterocycles. The van der Waals surface area contributed by atoms with Crippen molar-refractivity contribution in [3.63, 3.8) is 0 Å². The zero-order chi connectivity index (χ0) is 26.3. The van der Waals surface area contributed by atoms with Crippen LogP contribution in [-0.4, -0.2) is 40.6 Å². The van der Waals surface area contributed by atoms with Gasteiger partial charge in [-0.15, -0.1) is 0 Å². The Morgan fingerprint density at radius 2 is 1.64 bits per heavy atom. The summed E-state index contributed by atoms with van der Waals surface area (Å²) in [6, 6.07) is 17.8. The smallest absolute Gasteiger partial charge is 0.330 e. The Balaban J connectivity index is 1.75. The van der Waals surface area contributed by atoms with E-state index in [0.29, 0.717) is 11.4 Å². The Labute approximate surface area is 219 Å². The van der Waals surface area contributed by atoms with Crippen LogP contribution in [0.2, 0.25) is 10.0 Å². The minimum Gasteiger partial charge on any atom is -0.497 e. The second kappa shape index (κ2) is 12.0. The van der Waals surface area contributed by atoms with E-state index in [9.17, 15) is 18.0 Å². The number of methoxy groups -OCH3 is 1. The van der Waals surface area contributed by atoms with Crippen LogP contribution < -0.4 is 24.4 Å². The van der Waals surface area contributed by atoms with E-state index in [1.54, 1.807) is 55.6 Å². The van der Waals surface area contributed by atoms with Gasteiger partial charge in [-0.1, -0.05) is 53.5 Å². The van der Waals surface area contributed by atoms with Crippen LogP contribution in [0.3, 0.4) is 0 Å². The van der Waals surface area contributed by atoms with Gasteiger partial charge in [-0.05, 0) is 48.0 Å². The molecule has 0 fully saturated rings. The van der Waals surface area contributed by atoms with Crippen molar-refractivity contribution in [2.75, 3.05) is 23.8 Å². The first-order valence-corrected chi connectivity index (χ1v) is 12.8. The number of amides is 3. The second-order valence-corrected chi connectivity index (χ2v) is 9.88. The molecule has 0 bridgehead atoms. The van der Waals surface area contributed by atoms with E-state index in [-0.39, 0.29) is 22.2 Å². The normalized spacial score (nSPS) is 11.8. The number of hydrogen-bond acceptors (Lipinski definition) is 5. The number of nitrogens with one attached hydrogen (secondary N) is 3. The standard InChI is InChI=1S/C24H24Cl2N4O5S/c1-30(18-9-11-19(35-2)12-10-18)23(31)22(14-16-6-4-3-5-7-16)27-24(32)29-36(33,34)28-17-8-13-20(25)21(26)15-17/h3-13,15,22,28H,14H2,1-2H3,(H2,27,29,32)/t22-/m0/s1. The van der Waals surface area contributed by atoms with Crippen LogP contribution in [0.5, 0.6) is 5.75 Å². The SMILES string of the molecule is COc1ccc(N(C)C(=O)[C@H](Cc2ccccc2)NC(=O)NS(=O)(=O)Nc2ccc(Cl)c(Cl)c2)cc1. The lowest BCUT2D eigenvalue weighted by molar-refractivity contribution is -0.120. The summed E-state index contributed by atoms with van der Waals surface area (Å²) < 4.78 is 34.1. The highest BCUT2D eigenvalue weighted by Crippen LogP contribution is 2.25. The molecule has 0 unspecified atom stereocenters. The molecule has 0 heterocycles. The Morgan fingerprint density at radius 1 is 0.972 bits per heavy atom. The lowest BCUT2D eigenvalue weighted by atomic mass is 10.0. The van der Waals surface area contributed by atoms with Gasteiger partial charge in [0.1, 0.15) is 11.8 Å². The molecule has 0 saturated carbocycles. The molecule has 0 aliphatic carbocycles. The van der Waals surface area contributed by atoms with Gasteiger partial charge in [0.2, 0.25) is 5.91 Å². The van der Waals surface area contributed by atoms with E-state index >= 15 is 0 Å². The van der Waals surface area contributed by atoms with Crippen molar-refractivity contribution >= 4 is 56.7 Å². The van der Waals surface area contributed by atoms with Gasteiger partial charge in [0, 0.05) is 19.2 Å². The lowest BCUT2D eigenvalue weighted by Gasteiger charge is -2.25. The van der Waals surface area contributed by atoms with Gasteiger partial charge < -0.3 is 15.0 Å². The van der Waals surface area contributed by atoms with Crippen LogP contribution in [0.15, 0.2) is 72.8 Å². The van der Waals surface area contributed by atoms with Crippen molar-refractivity contribution in [1.82, 2.24) is 10.0 Å². The first-order chi connectivity index (χ1) is 17.1. The molecule has 0 radical (unpaired) electrons. The molecular weight excluding hydrogens is 527 g/mol.